The topological polar surface area (TPSA) is 38.5 Å². The standard InChI is InChI=1S/C15H24N2O/c1-3-12-4-6-13(7-5-12)15(16)10-17(2)14-8-9-18-11-14/h4-7,14-15H,3,8-11,16H2,1-2H3. The van der Waals surface area contributed by atoms with Crippen molar-refractivity contribution in [2.45, 2.75) is 31.8 Å². The van der Waals surface area contributed by atoms with Crippen LogP contribution in [-0.2, 0) is 11.2 Å². The fourth-order valence-corrected chi connectivity index (χ4v) is 2.43. The Hall–Kier alpha value is -0.900. The first-order valence-corrected chi connectivity index (χ1v) is 6.83. The smallest absolute Gasteiger partial charge is 0.0622 e. The molecule has 0 aromatic heterocycles. The van der Waals surface area contributed by atoms with Crippen LogP contribution in [0.5, 0.6) is 0 Å². The minimum Gasteiger partial charge on any atom is -0.380 e. The van der Waals surface area contributed by atoms with Gasteiger partial charge in [-0.2, -0.15) is 0 Å². The molecule has 1 aliphatic heterocycles. The van der Waals surface area contributed by atoms with Crippen molar-refractivity contribution in [1.82, 2.24) is 4.90 Å². The van der Waals surface area contributed by atoms with E-state index in [1.165, 1.54) is 11.1 Å². The lowest BCUT2D eigenvalue weighted by Crippen LogP contribution is -2.37. The Morgan fingerprint density at radius 3 is 2.67 bits per heavy atom. The molecule has 2 rings (SSSR count). The van der Waals surface area contributed by atoms with Crippen molar-refractivity contribution in [1.29, 1.82) is 0 Å². The molecule has 3 nitrogen and oxygen atoms in total. The Bertz CT molecular complexity index is 357. The molecule has 1 aromatic carbocycles. The van der Waals surface area contributed by atoms with Crippen LogP contribution < -0.4 is 5.73 Å². The third kappa shape index (κ3) is 3.31. The van der Waals surface area contributed by atoms with Gasteiger partial charge in [-0.25, -0.2) is 0 Å². The normalized spacial score (nSPS) is 21.4. The lowest BCUT2D eigenvalue weighted by molar-refractivity contribution is 0.156. The van der Waals surface area contributed by atoms with E-state index in [0.29, 0.717) is 6.04 Å². The first-order valence-electron chi connectivity index (χ1n) is 6.83. The lowest BCUT2D eigenvalue weighted by atomic mass is 10.0. The summed E-state index contributed by atoms with van der Waals surface area (Å²) in [5.41, 5.74) is 8.86. The summed E-state index contributed by atoms with van der Waals surface area (Å²) in [6.07, 6.45) is 2.20. The highest BCUT2D eigenvalue weighted by Gasteiger charge is 2.21. The van der Waals surface area contributed by atoms with E-state index in [4.69, 9.17) is 10.5 Å². The fraction of sp³-hybridized carbons (Fsp3) is 0.600. The zero-order valence-corrected chi connectivity index (χ0v) is 11.4. The van der Waals surface area contributed by atoms with E-state index in [0.717, 1.165) is 32.6 Å². The van der Waals surface area contributed by atoms with Gasteiger partial charge in [0.25, 0.3) is 0 Å². The summed E-state index contributed by atoms with van der Waals surface area (Å²) in [5, 5.41) is 0. The third-order valence-electron chi connectivity index (χ3n) is 3.83. The van der Waals surface area contributed by atoms with Gasteiger partial charge in [0.15, 0.2) is 0 Å². The van der Waals surface area contributed by atoms with Gasteiger partial charge in [0, 0.05) is 25.2 Å². The van der Waals surface area contributed by atoms with E-state index in [1.54, 1.807) is 0 Å². The zero-order chi connectivity index (χ0) is 13.0. The molecule has 1 saturated heterocycles. The van der Waals surface area contributed by atoms with E-state index in [9.17, 15) is 0 Å². The second-order valence-electron chi connectivity index (χ2n) is 5.16. The molecule has 1 aliphatic rings. The molecule has 0 radical (unpaired) electrons. The summed E-state index contributed by atoms with van der Waals surface area (Å²) in [4.78, 5) is 2.32. The van der Waals surface area contributed by atoms with Crippen molar-refractivity contribution in [3.63, 3.8) is 0 Å². The Morgan fingerprint density at radius 2 is 2.11 bits per heavy atom. The molecule has 2 N–H and O–H groups in total. The summed E-state index contributed by atoms with van der Waals surface area (Å²) in [6.45, 7) is 4.79. The Morgan fingerprint density at radius 1 is 1.39 bits per heavy atom. The van der Waals surface area contributed by atoms with Crippen LogP contribution in [0.25, 0.3) is 0 Å². The van der Waals surface area contributed by atoms with Crippen molar-refractivity contribution in [3.05, 3.63) is 35.4 Å². The molecule has 1 aromatic rings. The van der Waals surface area contributed by atoms with Gasteiger partial charge in [-0.1, -0.05) is 31.2 Å². The van der Waals surface area contributed by atoms with Gasteiger partial charge in [-0.3, -0.25) is 4.90 Å². The number of nitrogens with zero attached hydrogens (tertiary/aromatic N) is 1. The molecular weight excluding hydrogens is 224 g/mol. The van der Waals surface area contributed by atoms with Crippen molar-refractivity contribution >= 4 is 0 Å². The van der Waals surface area contributed by atoms with E-state index in [2.05, 4.69) is 43.1 Å². The molecule has 0 spiro atoms. The SMILES string of the molecule is CCc1ccc(C(N)CN(C)C2CCOC2)cc1. The van der Waals surface area contributed by atoms with Crippen LogP contribution in [0.4, 0.5) is 0 Å². The van der Waals surface area contributed by atoms with Gasteiger partial charge in [-0.05, 0) is 31.0 Å². The maximum absolute atomic E-state index is 6.27. The molecule has 1 heterocycles. The Balaban J connectivity index is 1.91. The van der Waals surface area contributed by atoms with Crippen LogP contribution in [0.15, 0.2) is 24.3 Å². The van der Waals surface area contributed by atoms with E-state index >= 15 is 0 Å². The van der Waals surface area contributed by atoms with Crippen molar-refractivity contribution in [2.24, 2.45) is 5.73 Å². The molecule has 0 bridgehead atoms. The fourth-order valence-electron chi connectivity index (χ4n) is 2.43. The molecule has 3 heteroatoms. The highest BCUT2D eigenvalue weighted by molar-refractivity contribution is 5.25. The molecule has 2 atom stereocenters. The van der Waals surface area contributed by atoms with Crippen LogP contribution in [0.3, 0.4) is 0 Å². The summed E-state index contributed by atoms with van der Waals surface area (Å²) < 4.78 is 5.41. The highest BCUT2D eigenvalue weighted by atomic mass is 16.5. The van der Waals surface area contributed by atoms with Crippen molar-refractivity contribution < 1.29 is 4.74 Å². The van der Waals surface area contributed by atoms with Crippen molar-refractivity contribution in [2.75, 3.05) is 26.8 Å². The lowest BCUT2D eigenvalue weighted by Gasteiger charge is -2.26. The van der Waals surface area contributed by atoms with Gasteiger partial charge in [0.05, 0.1) is 6.61 Å². The highest BCUT2D eigenvalue weighted by Crippen LogP contribution is 2.17. The predicted molar refractivity (Wildman–Crippen MR) is 74.6 cm³/mol. The molecule has 0 saturated carbocycles. The average Bonchev–Trinajstić information content (AvgIpc) is 2.92. The molecule has 0 amide bonds. The molecule has 2 unspecified atom stereocenters. The largest absolute Gasteiger partial charge is 0.380 e. The summed E-state index contributed by atoms with van der Waals surface area (Å²) in [6, 6.07) is 9.28. The van der Waals surface area contributed by atoms with Crippen LogP contribution in [0, 0.1) is 0 Å². The van der Waals surface area contributed by atoms with Gasteiger partial charge in [0.1, 0.15) is 0 Å². The van der Waals surface area contributed by atoms with E-state index < -0.39 is 0 Å². The first-order chi connectivity index (χ1) is 8.70. The predicted octanol–water partition coefficient (Wildman–Crippen LogP) is 1.97. The number of rotatable bonds is 5. The number of aryl methyl sites for hydroxylation is 1. The Kier molecular flexibility index (Phi) is 4.75. The van der Waals surface area contributed by atoms with Gasteiger partial charge in [-0.15, -0.1) is 0 Å². The van der Waals surface area contributed by atoms with E-state index in [1.807, 2.05) is 0 Å². The third-order valence-corrected chi connectivity index (χ3v) is 3.83. The van der Waals surface area contributed by atoms with Crippen LogP contribution >= 0.6 is 0 Å². The minimum absolute atomic E-state index is 0.0847. The minimum atomic E-state index is 0.0847. The molecule has 100 valence electrons. The number of hydrogen-bond acceptors (Lipinski definition) is 3. The number of hydrogen-bond donors (Lipinski definition) is 1. The average molecular weight is 248 g/mol. The van der Waals surface area contributed by atoms with Gasteiger partial charge < -0.3 is 10.5 Å². The second-order valence-corrected chi connectivity index (χ2v) is 5.16. The molecular formula is C15H24N2O. The first kappa shape index (κ1) is 13.5. The summed E-state index contributed by atoms with van der Waals surface area (Å²) in [7, 11) is 2.14. The quantitative estimate of drug-likeness (QED) is 0.866. The summed E-state index contributed by atoms with van der Waals surface area (Å²) >= 11 is 0. The van der Waals surface area contributed by atoms with Crippen LogP contribution in [0.2, 0.25) is 0 Å². The monoisotopic (exact) mass is 248 g/mol. The number of likely N-dealkylation sites (N-methyl/N-ethyl adjacent to an activating group) is 1. The number of ether oxygens (including phenoxy) is 1. The molecule has 18 heavy (non-hydrogen) atoms. The summed E-state index contributed by atoms with van der Waals surface area (Å²) in [5.74, 6) is 0. The Labute approximate surface area is 110 Å². The number of nitrogens with two attached hydrogens (primary N) is 1. The van der Waals surface area contributed by atoms with E-state index in [-0.39, 0.29) is 6.04 Å². The molecule has 0 aliphatic carbocycles. The molecule has 1 fully saturated rings. The van der Waals surface area contributed by atoms with Crippen molar-refractivity contribution in [3.8, 4) is 0 Å². The zero-order valence-electron chi connectivity index (χ0n) is 11.4. The van der Waals surface area contributed by atoms with Crippen LogP contribution in [0.1, 0.15) is 30.5 Å². The van der Waals surface area contributed by atoms with Gasteiger partial charge in [0.2, 0.25) is 0 Å². The second kappa shape index (κ2) is 6.32. The van der Waals surface area contributed by atoms with Gasteiger partial charge >= 0.3 is 0 Å². The number of benzene rings is 1. The maximum atomic E-state index is 6.27. The van der Waals surface area contributed by atoms with Crippen LogP contribution in [-0.4, -0.2) is 37.7 Å². The maximum Gasteiger partial charge on any atom is 0.0622 e.